The van der Waals surface area contributed by atoms with Crippen molar-refractivity contribution in [1.29, 1.82) is 0 Å². The van der Waals surface area contributed by atoms with Crippen molar-refractivity contribution in [3.05, 3.63) is 34.1 Å². The molecule has 1 aliphatic rings. The van der Waals surface area contributed by atoms with Gasteiger partial charge < -0.3 is 15.4 Å². The molecule has 7 heteroatoms. The maximum absolute atomic E-state index is 13.9. The van der Waals surface area contributed by atoms with Gasteiger partial charge in [-0.1, -0.05) is 34.8 Å². The van der Waals surface area contributed by atoms with Crippen LogP contribution < -0.4 is 10.6 Å². The van der Waals surface area contributed by atoms with Crippen molar-refractivity contribution in [3.63, 3.8) is 0 Å². The topological polar surface area (TPSA) is 45.7 Å². The highest BCUT2D eigenvalue weighted by Gasteiger charge is 2.33. The van der Waals surface area contributed by atoms with Crippen molar-refractivity contribution in [2.45, 2.75) is 38.6 Å². The molecule has 0 atom stereocenters. The van der Waals surface area contributed by atoms with Crippen LogP contribution in [0.15, 0.2) is 27.7 Å². The van der Waals surface area contributed by atoms with Gasteiger partial charge in [0.2, 0.25) is 0 Å². The van der Waals surface area contributed by atoms with E-state index in [0.29, 0.717) is 18.1 Å². The van der Waals surface area contributed by atoms with Gasteiger partial charge in [0.15, 0.2) is 5.96 Å². The van der Waals surface area contributed by atoms with Crippen LogP contribution in [-0.2, 0) is 11.3 Å². The van der Waals surface area contributed by atoms with E-state index >= 15 is 0 Å². The number of rotatable bonds is 7. The number of nitrogens with zero attached hydrogens (tertiary/aromatic N) is 1. The van der Waals surface area contributed by atoms with Crippen LogP contribution in [0.25, 0.3) is 0 Å². The van der Waals surface area contributed by atoms with E-state index in [0.717, 1.165) is 24.0 Å². The molecule has 1 aromatic rings. The van der Waals surface area contributed by atoms with Gasteiger partial charge in [-0.25, -0.2) is 4.39 Å². The Morgan fingerprint density at radius 3 is 2.64 bits per heavy atom. The Labute approximate surface area is 175 Å². The smallest absolute Gasteiger partial charge is 0.191 e. The first-order valence-corrected chi connectivity index (χ1v) is 9.25. The van der Waals surface area contributed by atoms with Crippen LogP contribution in [0.2, 0.25) is 0 Å². The molecular formula is C18H28BrFIN3O. The van der Waals surface area contributed by atoms with Crippen molar-refractivity contribution in [1.82, 2.24) is 10.6 Å². The molecular weight excluding hydrogens is 500 g/mol. The molecule has 0 spiro atoms. The van der Waals surface area contributed by atoms with Crippen molar-refractivity contribution in [3.8, 4) is 0 Å². The molecule has 2 rings (SSSR count). The Balaban J connectivity index is 0.00000312. The van der Waals surface area contributed by atoms with Crippen LogP contribution in [0.4, 0.5) is 4.39 Å². The minimum atomic E-state index is -0.223. The molecule has 0 radical (unpaired) electrons. The third-order valence-electron chi connectivity index (χ3n) is 4.82. The summed E-state index contributed by atoms with van der Waals surface area (Å²) >= 11 is 3.27. The summed E-state index contributed by atoms with van der Waals surface area (Å²) in [7, 11) is 3.49. The van der Waals surface area contributed by atoms with E-state index in [9.17, 15) is 4.39 Å². The highest BCUT2D eigenvalue weighted by atomic mass is 127. The van der Waals surface area contributed by atoms with Crippen LogP contribution in [0, 0.1) is 11.2 Å². The van der Waals surface area contributed by atoms with Gasteiger partial charge in [-0.2, -0.15) is 0 Å². The summed E-state index contributed by atoms with van der Waals surface area (Å²) in [4.78, 5) is 4.25. The number of nitrogens with one attached hydrogen (secondary N) is 2. The number of hydrogen-bond acceptors (Lipinski definition) is 2. The van der Waals surface area contributed by atoms with E-state index in [1.165, 1.54) is 31.7 Å². The zero-order valence-electron chi connectivity index (χ0n) is 14.9. The second kappa shape index (κ2) is 11.3. The minimum absolute atomic E-state index is 0. The standard InChI is InChI=1S/C18H27BrFN3O.HI/c1-21-17(22-12-14-5-6-15(19)11-16(14)20)23-13-18(9-10-24-2)7-3-4-8-18;/h5-6,11H,3-4,7-10,12-13H2,1-2H3,(H2,21,22,23);1H. The number of hydrogen-bond donors (Lipinski definition) is 2. The Morgan fingerprint density at radius 1 is 1.32 bits per heavy atom. The average Bonchev–Trinajstić information content (AvgIpc) is 3.04. The molecule has 0 unspecified atom stereocenters. The molecule has 0 bridgehead atoms. The first-order valence-electron chi connectivity index (χ1n) is 8.46. The first kappa shape index (κ1) is 22.6. The monoisotopic (exact) mass is 527 g/mol. The zero-order chi connectivity index (χ0) is 17.4. The summed E-state index contributed by atoms with van der Waals surface area (Å²) in [5, 5.41) is 6.61. The normalized spacial score (nSPS) is 16.4. The molecule has 1 aromatic carbocycles. The molecule has 0 aliphatic heterocycles. The summed E-state index contributed by atoms with van der Waals surface area (Å²) in [6.07, 6.45) is 6.07. The second-order valence-electron chi connectivity index (χ2n) is 6.46. The highest BCUT2D eigenvalue weighted by molar-refractivity contribution is 14.0. The van der Waals surface area contributed by atoms with Crippen molar-refractivity contribution in [2.75, 3.05) is 27.3 Å². The maximum Gasteiger partial charge on any atom is 0.191 e. The molecule has 142 valence electrons. The summed E-state index contributed by atoms with van der Waals surface area (Å²) < 4.78 is 19.9. The Morgan fingerprint density at radius 2 is 2.04 bits per heavy atom. The van der Waals surface area contributed by atoms with Gasteiger partial charge in [0.1, 0.15) is 5.82 Å². The SMILES string of the molecule is CN=C(NCc1ccc(Br)cc1F)NCC1(CCOC)CCCC1.I. The third-order valence-corrected chi connectivity index (χ3v) is 5.31. The molecule has 0 saturated heterocycles. The van der Waals surface area contributed by atoms with E-state index in [-0.39, 0.29) is 35.2 Å². The zero-order valence-corrected chi connectivity index (χ0v) is 18.8. The van der Waals surface area contributed by atoms with Gasteiger partial charge in [0, 0.05) is 43.9 Å². The first-order chi connectivity index (χ1) is 11.6. The van der Waals surface area contributed by atoms with Gasteiger partial charge in [0.05, 0.1) is 0 Å². The van der Waals surface area contributed by atoms with Crippen LogP contribution in [-0.4, -0.2) is 33.3 Å². The molecule has 2 N–H and O–H groups in total. The molecule has 25 heavy (non-hydrogen) atoms. The van der Waals surface area contributed by atoms with E-state index in [4.69, 9.17) is 4.74 Å². The fourth-order valence-electron chi connectivity index (χ4n) is 3.29. The molecule has 0 aromatic heterocycles. The quantitative estimate of drug-likeness (QED) is 0.312. The summed E-state index contributed by atoms with van der Waals surface area (Å²) in [6, 6.07) is 5.09. The van der Waals surface area contributed by atoms with E-state index < -0.39 is 0 Å². The van der Waals surface area contributed by atoms with E-state index in [2.05, 4.69) is 31.6 Å². The predicted octanol–water partition coefficient (Wildman–Crippen LogP) is 4.47. The minimum Gasteiger partial charge on any atom is -0.385 e. The molecule has 0 amide bonds. The molecule has 0 heterocycles. The lowest BCUT2D eigenvalue weighted by molar-refractivity contribution is 0.138. The molecule has 1 fully saturated rings. The number of halogens is 3. The van der Waals surface area contributed by atoms with Crippen LogP contribution >= 0.6 is 39.9 Å². The second-order valence-corrected chi connectivity index (χ2v) is 7.38. The third kappa shape index (κ3) is 7.02. The number of guanidine groups is 1. The molecule has 4 nitrogen and oxygen atoms in total. The lowest BCUT2D eigenvalue weighted by Gasteiger charge is -2.30. The number of ether oxygens (including phenoxy) is 1. The number of benzene rings is 1. The summed E-state index contributed by atoms with van der Waals surface area (Å²) in [6.45, 7) is 2.07. The van der Waals surface area contributed by atoms with Gasteiger partial charge in [-0.05, 0) is 36.8 Å². The lowest BCUT2D eigenvalue weighted by atomic mass is 9.83. The molecule has 1 aliphatic carbocycles. The maximum atomic E-state index is 13.9. The van der Waals surface area contributed by atoms with E-state index in [1.54, 1.807) is 20.2 Å². The van der Waals surface area contributed by atoms with Gasteiger partial charge in [-0.3, -0.25) is 4.99 Å². The average molecular weight is 528 g/mol. The Bertz CT molecular complexity index is 565. The van der Waals surface area contributed by atoms with Crippen molar-refractivity contribution in [2.24, 2.45) is 10.4 Å². The van der Waals surface area contributed by atoms with Crippen LogP contribution in [0.1, 0.15) is 37.7 Å². The largest absolute Gasteiger partial charge is 0.385 e. The number of aliphatic imine (C=N–C) groups is 1. The Hall–Kier alpha value is -0.410. The van der Waals surface area contributed by atoms with Gasteiger partial charge in [0.25, 0.3) is 0 Å². The van der Waals surface area contributed by atoms with E-state index in [1.807, 2.05) is 6.07 Å². The van der Waals surface area contributed by atoms with Crippen molar-refractivity contribution < 1.29 is 9.13 Å². The lowest BCUT2D eigenvalue weighted by Crippen LogP contribution is -2.43. The fraction of sp³-hybridized carbons (Fsp3) is 0.611. The van der Waals surface area contributed by atoms with Crippen LogP contribution in [0.5, 0.6) is 0 Å². The molecule has 1 saturated carbocycles. The predicted molar refractivity (Wildman–Crippen MR) is 115 cm³/mol. The van der Waals surface area contributed by atoms with Crippen LogP contribution in [0.3, 0.4) is 0 Å². The fourth-order valence-corrected chi connectivity index (χ4v) is 3.63. The summed E-state index contributed by atoms with van der Waals surface area (Å²) in [5.41, 5.74) is 0.910. The van der Waals surface area contributed by atoms with Gasteiger partial charge in [-0.15, -0.1) is 24.0 Å². The van der Waals surface area contributed by atoms with Crippen molar-refractivity contribution >= 4 is 45.9 Å². The Kier molecular flexibility index (Phi) is 10.3. The highest BCUT2D eigenvalue weighted by Crippen LogP contribution is 2.40. The van der Waals surface area contributed by atoms with Gasteiger partial charge >= 0.3 is 0 Å². The number of methoxy groups -OCH3 is 1. The summed E-state index contributed by atoms with van der Waals surface area (Å²) in [5.74, 6) is 0.487.